The minimum absolute atomic E-state index is 0. The van der Waals surface area contributed by atoms with E-state index in [0.29, 0.717) is 33.0 Å². The second-order valence-electron chi connectivity index (χ2n) is 8.00. The number of fused-ring (bicyclic) bond motifs is 4. The minimum Gasteiger partial charge on any atom is -0.778 e. The van der Waals surface area contributed by atoms with Gasteiger partial charge >= 0.3 is 21.1 Å². The summed E-state index contributed by atoms with van der Waals surface area (Å²) in [6.45, 7) is 2.05. The van der Waals surface area contributed by atoms with Gasteiger partial charge in [-0.15, -0.1) is 22.4 Å². The maximum Gasteiger partial charge on any atom is 2.00 e. The second kappa shape index (κ2) is 9.11. The summed E-state index contributed by atoms with van der Waals surface area (Å²) in [5.41, 5.74) is 4.15. The zero-order valence-electron chi connectivity index (χ0n) is 18.4. The van der Waals surface area contributed by atoms with Crippen LogP contribution in [-0.4, -0.2) is 14.5 Å². The van der Waals surface area contributed by atoms with Crippen LogP contribution in [0.5, 0.6) is 11.6 Å². The fourth-order valence-corrected chi connectivity index (χ4v) is 4.48. The first-order valence-corrected chi connectivity index (χ1v) is 11.1. The number of benzene rings is 3. The van der Waals surface area contributed by atoms with Crippen molar-refractivity contribution in [3.63, 3.8) is 0 Å². The van der Waals surface area contributed by atoms with Crippen LogP contribution in [0, 0.1) is 24.3 Å². The maximum absolute atomic E-state index is 9.37. The molecule has 35 heavy (non-hydrogen) atoms. The quantitative estimate of drug-likeness (QED) is 0.164. The first-order valence-electron chi connectivity index (χ1n) is 10.7. The van der Waals surface area contributed by atoms with E-state index in [4.69, 9.17) is 17.4 Å². The molecule has 6 rings (SSSR count). The average Bonchev–Trinajstić information content (AvgIpc) is 3.18. The number of nitrogens with zero attached hydrogens (tertiary/aromatic N) is 4. The molecule has 0 aliphatic rings. The molecule has 0 N–H and O–H groups in total. The van der Waals surface area contributed by atoms with Gasteiger partial charge in [0.05, 0.1) is 17.1 Å². The Morgan fingerprint density at radius 1 is 0.971 bits per heavy atom. The van der Waals surface area contributed by atoms with Crippen LogP contribution in [0.15, 0.2) is 83.9 Å². The number of hydrogen-bond acceptors (Lipinski definition) is 5. The molecule has 0 atom stereocenters. The molecule has 5 nitrogen and oxygen atoms in total. The van der Waals surface area contributed by atoms with Gasteiger partial charge in [0.2, 0.25) is 5.88 Å². The number of ether oxygens (including phenoxy) is 1. The SMILES string of the molecule is Cc1ccnc(-n2c3[c-]c(Oc4ccc5c(C#N)ccc([S-])c5n4)ccc3c3ccccc32)c1.[Pt+2]. The molecule has 0 aliphatic heterocycles. The van der Waals surface area contributed by atoms with E-state index in [9.17, 15) is 5.26 Å². The Morgan fingerprint density at radius 2 is 1.80 bits per heavy atom. The Hall–Kier alpha value is -3.78. The number of rotatable bonds is 3. The van der Waals surface area contributed by atoms with E-state index in [0.717, 1.165) is 33.2 Å². The van der Waals surface area contributed by atoms with Gasteiger partial charge in [-0.1, -0.05) is 29.8 Å². The summed E-state index contributed by atoms with van der Waals surface area (Å²) < 4.78 is 8.20. The summed E-state index contributed by atoms with van der Waals surface area (Å²) in [5, 5.41) is 12.3. The minimum atomic E-state index is 0. The van der Waals surface area contributed by atoms with Crippen molar-refractivity contribution in [2.24, 2.45) is 0 Å². The normalized spacial score (nSPS) is 10.9. The number of para-hydroxylation sites is 1. The third kappa shape index (κ3) is 3.93. The zero-order chi connectivity index (χ0) is 23.2. The molecular weight excluding hydrogens is 635 g/mol. The molecule has 0 unspecified atom stereocenters. The molecule has 7 heteroatoms. The van der Waals surface area contributed by atoms with Crippen molar-refractivity contribution in [3.05, 3.63) is 96.2 Å². The van der Waals surface area contributed by atoms with Crippen molar-refractivity contribution in [1.82, 2.24) is 14.5 Å². The van der Waals surface area contributed by atoms with Crippen LogP contribution in [-0.2, 0) is 33.7 Å². The Morgan fingerprint density at radius 3 is 2.63 bits per heavy atom. The molecule has 0 amide bonds. The van der Waals surface area contributed by atoms with Crippen molar-refractivity contribution < 1.29 is 25.8 Å². The van der Waals surface area contributed by atoms with E-state index < -0.39 is 0 Å². The van der Waals surface area contributed by atoms with Gasteiger partial charge in [0.15, 0.2) is 0 Å². The van der Waals surface area contributed by atoms with E-state index in [1.807, 2.05) is 49.5 Å². The van der Waals surface area contributed by atoms with Gasteiger partial charge in [-0.2, -0.15) is 11.3 Å². The van der Waals surface area contributed by atoms with Crippen molar-refractivity contribution in [1.29, 1.82) is 5.26 Å². The van der Waals surface area contributed by atoms with E-state index in [1.165, 1.54) is 0 Å². The summed E-state index contributed by atoms with van der Waals surface area (Å²) in [6, 6.07) is 28.8. The molecule has 170 valence electrons. The maximum atomic E-state index is 9.37. The number of aryl methyl sites for hydroxylation is 1. The Labute approximate surface area is 221 Å². The van der Waals surface area contributed by atoms with Crippen LogP contribution < -0.4 is 4.74 Å². The first kappa shape index (κ1) is 23.0. The van der Waals surface area contributed by atoms with E-state index >= 15 is 0 Å². The van der Waals surface area contributed by atoms with Gasteiger partial charge in [-0.25, -0.2) is 9.97 Å². The third-order valence-corrected chi connectivity index (χ3v) is 6.15. The van der Waals surface area contributed by atoms with Gasteiger partial charge in [-0.3, -0.25) is 0 Å². The largest absolute Gasteiger partial charge is 2.00 e. The van der Waals surface area contributed by atoms with Gasteiger partial charge in [-0.05, 0) is 48.2 Å². The van der Waals surface area contributed by atoms with E-state index in [-0.39, 0.29) is 21.1 Å². The van der Waals surface area contributed by atoms with Gasteiger partial charge in [0.25, 0.3) is 0 Å². The van der Waals surface area contributed by atoms with Crippen LogP contribution in [0.2, 0.25) is 0 Å². The average molecular weight is 652 g/mol. The van der Waals surface area contributed by atoms with E-state index in [2.05, 4.69) is 44.9 Å². The summed E-state index contributed by atoms with van der Waals surface area (Å²) >= 11 is 5.42. The molecular formula is C28H16N4OPtS. The molecule has 3 heterocycles. The van der Waals surface area contributed by atoms with Crippen molar-refractivity contribution >= 4 is 45.3 Å². The monoisotopic (exact) mass is 651 g/mol. The molecule has 6 aromatic rings. The molecule has 3 aromatic carbocycles. The molecule has 0 fully saturated rings. The molecule has 0 bridgehead atoms. The van der Waals surface area contributed by atoms with Gasteiger partial charge < -0.3 is 21.9 Å². The van der Waals surface area contributed by atoms with Crippen molar-refractivity contribution in [2.75, 3.05) is 0 Å². The van der Waals surface area contributed by atoms with E-state index in [1.54, 1.807) is 18.2 Å². The fourth-order valence-electron chi connectivity index (χ4n) is 4.26. The summed E-state index contributed by atoms with van der Waals surface area (Å²) in [6.07, 6.45) is 1.81. The summed E-state index contributed by atoms with van der Waals surface area (Å²) in [5.74, 6) is 1.74. The smallest absolute Gasteiger partial charge is 0.778 e. The van der Waals surface area contributed by atoms with Crippen molar-refractivity contribution in [2.45, 2.75) is 11.8 Å². The van der Waals surface area contributed by atoms with Crippen molar-refractivity contribution in [3.8, 4) is 23.5 Å². The summed E-state index contributed by atoms with van der Waals surface area (Å²) in [7, 11) is 0. The number of pyridine rings is 2. The Balaban J connectivity index is 0.00000253. The van der Waals surface area contributed by atoms with Crippen LogP contribution in [0.1, 0.15) is 11.1 Å². The van der Waals surface area contributed by atoms with Crippen LogP contribution in [0.25, 0.3) is 38.5 Å². The number of nitriles is 1. The fraction of sp³-hybridized carbons (Fsp3) is 0.0357. The predicted octanol–water partition coefficient (Wildman–Crippen LogP) is 6.40. The number of hydrogen-bond donors (Lipinski definition) is 0. The van der Waals surface area contributed by atoms with Crippen LogP contribution in [0.4, 0.5) is 0 Å². The first-order chi connectivity index (χ1) is 16.6. The molecule has 0 saturated heterocycles. The van der Waals surface area contributed by atoms with Gasteiger partial charge in [0.1, 0.15) is 5.82 Å². The second-order valence-corrected chi connectivity index (χ2v) is 8.44. The molecule has 0 aliphatic carbocycles. The molecule has 0 spiro atoms. The molecule has 3 aromatic heterocycles. The Kier molecular flexibility index (Phi) is 5.98. The Bertz CT molecular complexity index is 1790. The summed E-state index contributed by atoms with van der Waals surface area (Å²) in [4.78, 5) is 9.76. The van der Waals surface area contributed by atoms with Crippen LogP contribution in [0.3, 0.4) is 0 Å². The van der Waals surface area contributed by atoms with Crippen LogP contribution >= 0.6 is 0 Å². The van der Waals surface area contributed by atoms with Gasteiger partial charge in [0, 0.05) is 28.9 Å². The number of aromatic nitrogens is 3. The standard InChI is InChI=1S/C28H17N4OS.Pt/c1-17-12-13-30-26(14-17)32-23-5-3-2-4-21(23)22-8-7-19(15-24(22)32)33-27-11-9-20-18(16-29)6-10-25(34)28(20)31-27;/h2-14,34H,1H3;/q-1;+2/p-1. The predicted molar refractivity (Wildman–Crippen MR) is 134 cm³/mol. The zero-order valence-corrected chi connectivity index (χ0v) is 21.5. The molecule has 0 radical (unpaired) electrons. The topological polar surface area (TPSA) is 63.7 Å². The molecule has 0 saturated carbocycles. The third-order valence-electron chi connectivity index (χ3n) is 5.82.